The number of hydrogen-bond acceptors (Lipinski definition) is 7. The molecule has 0 atom stereocenters. The number of hydrogen-bond donors (Lipinski definition) is 0. The third-order valence-electron chi connectivity index (χ3n) is 3.64. The average molecular weight is 387 g/mol. The minimum absolute atomic E-state index is 0.00470. The van der Waals surface area contributed by atoms with Crippen molar-refractivity contribution in [3.63, 3.8) is 0 Å². The second kappa shape index (κ2) is 8.86. The molecule has 6 nitrogen and oxygen atoms in total. The van der Waals surface area contributed by atoms with Crippen LogP contribution in [0.2, 0.25) is 0 Å². The van der Waals surface area contributed by atoms with Crippen LogP contribution in [0.25, 0.3) is 11.5 Å². The predicted octanol–water partition coefficient (Wildman–Crippen LogP) is 3.60. The maximum atomic E-state index is 12.3. The molecule has 0 unspecified atom stereocenters. The Kier molecular flexibility index (Phi) is 6.30. The van der Waals surface area contributed by atoms with Gasteiger partial charge in [0.2, 0.25) is 11.8 Å². The second-order valence-corrected chi connectivity index (χ2v) is 7.31. The van der Waals surface area contributed by atoms with Crippen LogP contribution in [0.5, 0.6) is 0 Å². The summed E-state index contributed by atoms with van der Waals surface area (Å²) >= 11 is 2.93. The zero-order valence-corrected chi connectivity index (χ0v) is 16.1. The Bertz CT molecular complexity index is 853. The second-order valence-electron chi connectivity index (χ2n) is 5.50. The molecule has 0 spiro atoms. The number of carbonyl (C=O) groups excluding carboxylic acids is 1. The molecule has 0 saturated heterocycles. The number of rotatable bonds is 7. The molecule has 0 aliphatic rings. The van der Waals surface area contributed by atoms with Gasteiger partial charge in [0.05, 0.1) is 11.3 Å². The first-order valence-corrected chi connectivity index (χ1v) is 10.1. The summed E-state index contributed by atoms with van der Waals surface area (Å²) in [5.41, 5.74) is 1.85. The van der Waals surface area contributed by atoms with E-state index in [2.05, 4.69) is 27.3 Å². The highest BCUT2D eigenvalue weighted by molar-refractivity contribution is 7.99. The molecule has 0 N–H and O–H groups in total. The Hall–Kier alpha value is -2.32. The first-order chi connectivity index (χ1) is 12.7. The molecule has 1 amide bonds. The fraction of sp³-hybridized carbons (Fsp3) is 0.222. The number of amides is 1. The molecular formula is C18H18N4O2S2. The SMILES string of the molecule is CSc1ccc(CN(C)C(=O)CSc2nnc(-c3cccnc3)o2)cc1. The average Bonchev–Trinajstić information content (AvgIpc) is 3.16. The first kappa shape index (κ1) is 18.5. The van der Waals surface area contributed by atoms with Crippen LogP contribution in [-0.2, 0) is 11.3 Å². The Balaban J connectivity index is 1.52. The number of carbonyl (C=O) groups is 1. The van der Waals surface area contributed by atoms with Crippen LogP contribution in [0, 0.1) is 0 Å². The van der Waals surface area contributed by atoms with Gasteiger partial charge in [-0.05, 0) is 36.1 Å². The number of aromatic nitrogens is 3. The summed E-state index contributed by atoms with van der Waals surface area (Å²) in [6.45, 7) is 0.568. The van der Waals surface area contributed by atoms with Crippen molar-refractivity contribution in [2.45, 2.75) is 16.7 Å². The molecule has 0 aliphatic heterocycles. The number of pyridine rings is 1. The molecule has 26 heavy (non-hydrogen) atoms. The topological polar surface area (TPSA) is 72.1 Å². The standard InChI is InChI=1S/C18H18N4O2S2/c1-22(11-13-5-7-15(25-2)8-6-13)16(23)12-26-18-21-20-17(24-18)14-4-3-9-19-10-14/h3-10H,11-12H2,1-2H3. The summed E-state index contributed by atoms with van der Waals surface area (Å²) in [5.74, 6) is 0.647. The molecule has 8 heteroatoms. The zero-order valence-electron chi connectivity index (χ0n) is 14.5. The lowest BCUT2D eigenvalue weighted by atomic mass is 10.2. The van der Waals surface area contributed by atoms with E-state index in [9.17, 15) is 4.79 Å². The van der Waals surface area contributed by atoms with Crippen molar-refractivity contribution < 1.29 is 9.21 Å². The van der Waals surface area contributed by atoms with Gasteiger partial charge in [-0.25, -0.2) is 0 Å². The minimum Gasteiger partial charge on any atom is -0.411 e. The van der Waals surface area contributed by atoms with Crippen molar-refractivity contribution >= 4 is 29.4 Å². The zero-order chi connectivity index (χ0) is 18.4. The van der Waals surface area contributed by atoms with Gasteiger partial charge < -0.3 is 9.32 Å². The summed E-state index contributed by atoms with van der Waals surface area (Å²) < 4.78 is 5.57. The maximum absolute atomic E-state index is 12.3. The van der Waals surface area contributed by atoms with Crippen molar-refractivity contribution in [3.05, 3.63) is 54.4 Å². The van der Waals surface area contributed by atoms with Gasteiger partial charge in [-0.3, -0.25) is 9.78 Å². The number of thioether (sulfide) groups is 2. The summed E-state index contributed by atoms with van der Waals surface area (Å²) in [6, 6.07) is 11.9. The molecule has 2 aromatic heterocycles. The van der Waals surface area contributed by atoms with Crippen LogP contribution in [0.4, 0.5) is 0 Å². The molecule has 0 aliphatic carbocycles. The van der Waals surface area contributed by atoms with E-state index >= 15 is 0 Å². The van der Waals surface area contributed by atoms with Gasteiger partial charge in [-0.1, -0.05) is 23.9 Å². The van der Waals surface area contributed by atoms with Crippen LogP contribution in [0.1, 0.15) is 5.56 Å². The molecule has 134 valence electrons. The van der Waals surface area contributed by atoms with Crippen LogP contribution in [0.3, 0.4) is 0 Å². The lowest BCUT2D eigenvalue weighted by Crippen LogP contribution is -2.27. The van der Waals surface area contributed by atoms with Crippen molar-refractivity contribution in [2.24, 2.45) is 0 Å². The third-order valence-corrected chi connectivity index (χ3v) is 5.19. The monoisotopic (exact) mass is 386 g/mol. The summed E-state index contributed by atoms with van der Waals surface area (Å²) in [4.78, 5) is 19.2. The Labute approximate surface area is 160 Å². The van der Waals surface area contributed by atoms with Gasteiger partial charge >= 0.3 is 0 Å². The summed E-state index contributed by atoms with van der Waals surface area (Å²) in [7, 11) is 1.79. The Morgan fingerprint density at radius 1 is 1.19 bits per heavy atom. The van der Waals surface area contributed by atoms with Crippen LogP contribution in [-0.4, -0.2) is 45.0 Å². The minimum atomic E-state index is 0.00470. The van der Waals surface area contributed by atoms with Crippen molar-refractivity contribution in [1.82, 2.24) is 20.1 Å². The molecule has 0 bridgehead atoms. The molecule has 0 fully saturated rings. The molecule has 2 heterocycles. The highest BCUT2D eigenvalue weighted by Crippen LogP contribution is 2.23. The largest absolute Gasteiger partial charge is 0.411 e. The highest BCUT2D eigenvalue weighted by Gasteiger charge is 2.14. The van der Waals surface area contributed by atoms with Gasteiger partial charge in [0.1, 0.15) is 0 Å². The summed E-state index contributed by atoms with van der Waals surface area (Å²) in [5, 5.41) is 8.33. The lowest BCUT2D eigenvalue weighted by Gasteiger charge is -2.16. The van der Waals surface area contributed by atoms with Gasteiger partial charge in [0.25, 0.3) is 5.22 Å². The highest BCUT2D eigenvalue weighted by atomic mass is 32.2. The normalized spacial score (nSPS) is 10.7. The fourth-order valence-corrected chi connectivity index (χ4v) is 3.31. The molecule has 0 saturated carbocycles. The van der Waals surface area contributed by atoms with Crippen LogP contribution in [0.15, 0.2) is 63.3 Å². The Morgan fingerprint density at radius 2 is 2.00 bits per heavy atom. The molecular weight excluding hydrogens is 368 g/mol. The lowest BCUT2D eigenvalue weighted by molar-refractivity contribution is -0.127. The van der Waals surface area contributed by atoms with Crippen molar-refractivity contribution in [3.8, 4) is 11.5 Å². The predicted molar refractivity (Wildman–Crippen MR) is 103 cm³/mol. The molecule has 0 radical (unpaired) electrons. The van der Waals surface area contributed by atoms with Crippen molar-refractivity contribution in [2.75, 3.05) is 19.1 Å². The summed E-state index contributed by atoms with van der Waals surface area (Å²) in [6.07, 6.45) is 5.38. The van der Waals surface area contributed by atoms with E-state index in [-0.39, 0.29) is 11.7 Å². The van der Waals surface area contributed by atoms with Gasteiger partial charge in [-0.2, -0.15) is 0 Å². The van der Waals surface area contributed by atoms with E-state index < -0.39 is 0 Å². The molecule has 1 aromatic carbocycles. The molecule has 3 rings (SSSR count). The van der Waals surface area contributed by atoms with E-state index in [1.54, 1.807) is 42.2 Å². The maximum Gasteiger partial charge on any atom is 0.277 e. The molecule has 3 aromatic rings. The first-order valence-electron chi connectivity index (χ1n) is 7.89. The van der Waals surface area contributed by atoms with E-state index in [0.29, 0.717) is 17.7 Å². The van der Waals surface area contributed by atoms with Crippen molar-refractivity contribution in [1.29, 1.82) is 0 Å². The van der Waals surface area contributed by atoms with E-state index in [4.69, 9.17) is 4.42 Å². The van der Waals surface area contributed by atoms with Gasteiger partial charge in [0.15, 0.2) is 0 Å². The van der Waals surface area contributed by atoms with E-state index in [0.717, 1.165) is 11.1 Å². The Morgan fingerprint density at radius 3 is 2.69 bits per heavy atom. The fourth-order valence-electron chi connectivity index (χ4n) is 2.20. The number of nitrogens with zero attached hydrogens (tertiary/aromatic N) is 4. The van der Waals surface area contributed by atoms with E-state index in [1.165, 1.54) is 16.7 Å². The van der Waals surface area contributed by atoms with Crippen LogP contribution < -0.4 is 0 Å². The third kappa shape index (κ3) is 4.86. The van der Waals surface area contributed by atoms with Gasteiger partial charge in [-0.15, -0.1) is 22.0 Å². The smallest absolute Gasteiger partial charge is 0.277 e. The quantitative estimate of drug-likeness (QED) is 0.574. The van der Waals surface area contributed by atoms with E-state index in [1.807, 2.05) is 24.5 Å². The number of benzene rings is 1. The van der Waals surface area contributed by atoms with Crippen LogP contribution >= 0.6 is 23.5 Å². The van der Waals surface area contributed by atoms with Gasteiger partial charge in [0, 0.05) is 30.9 Å².